The molecule has 2 aliphatic rings. The first-order chi connectivity index (χ1) is 19.0. The zero-order chi connectivity index (χ0) is 26.9. The third kappa shape index (κ3) is 4.75. The molecule has 0 radical (unpaired) electrons. The lowest BCUT2D eigenvalue weighted by molar-refractivity contribution is 0.122. The first kappa shape index (κ1) is 25.4. The van der Waals surface area contributed by atoms with E-state index in [1.54, 1.807) is 7.11 Å². The third-order valence-corrected chi connectivity index (χ3v) is 8.02. The normalized spacial score (nSPS) is 19.3. The quantitative estimate of drug-likeness (QED) is 0.324. The van der Waals surface area contributed by atoms with Gasteiger partial charge in [-0.05, 0) is 86.2 Å². The Morgan fingerprint density at radius 3 is 2.41 bits per heavy atom. The van der Waals surface area contributed by atoms with Gasteiger partial charge in [0.05, 0.1) is 38.1 Å². The first-order valence-corrected chi connectivity index (χ1v) is 13.7. The number of hydrogen-bond donors (Lipinski definition) is 1. The number of nitrogens with one attached hydrogen (secondary N) is 1. The second-order valence-electron chi connectivity index (χ2n) is 9.98. The van der Waals surface area contributed by atoms with Crippen LogP contribution in [0.15, 0.2) is 79.0 Å². The summed E-state index contributed by atoms with van der Waals surface area (Å²) in [6.07, 6.45) is 1.84. The number of rotatable bonds is 6. The van der Waals surface area contributed by atoms with E-state index < -0.39 is 0 Å². The van der Waals surface area contributed by atoms with Crippen molar-refractivity contribution in [2.45, 2.75) is 25.9 Å². The van der Waals surface area contributed by atoms with Crippen molar-refractivity contribution in [3.05, 3.63) is 102 Å². The second kappa shape index (κ2) is 10.7. The van der Waals surface area contributed by atoms with E-state index in [0.29, 0.717) is 5.11 Å². The molecule has 2 aromatic heterocycles. The summed E-state index contributed by atoms with van der Waals surface area (Å²) in [6.45, 7) is 7.66. The van der Waals surface area contributed by atoms with Crippen molar-refractivity contribution in [1.82, 2.24) is 14.9 Å². The number of anilines is 2. The van der Waals surface area contributed by atoms with Gasteiger partial charge in [0.2, 0.25) is 0 Å². The highest BCUT2D eigenvalue weighted by Gasteiger charge is 2.42. The van der Waals surface area contributed by atoms with Crippen molar-refractivity contribution in [2.75, 3.05) is 43.2 Å². The Hall–Kier alpha value is -3.88. The minimum Gasteiger partial charge on any atom is -0.497 e. The Labute approximate surface area is 235 Å². The van der Waals surface area contributed by atoms with Gasteiger partial charge < -0.3 is 29.2 Å². The van der Waals surface area contributed by atoms with Crippen molar-refractivity contribution in [3.63, 3.8) is 0 Å². The Morgan fingerprint density at radius 1 is 0.923 bits per heavy atom. The molecule has 7 nitrogen and oxygen atoms in total. The third-order valence-electron chi connectivity index (χ3n) is 7.70. The van der Waals surface area contributed by atoms with Crippen LogP contribution in [0.2, 0.25) is 0 Å². The monoisotopic (exact) mass is 539 g/mol. The molecule has 0 spiro atoms. The van der Waals surface area contributed by atoms with Crippen molar-refractivity contribution in [1.29, 1.82) is 0 Å². The molecular formula is C31H33N5O2S. The summed E-state index contributed by atoms with van der Waals surface area (Å²) in [7, 11) is 1.70. The molecule has 0 aliphatic carbocycles. The standard InChI is InChI=1S/C31H33N5O2S/c1-21-19-27(22(2)35(21)25-7-6-8-26(20-25)37-3)30-29(28-9-4-5-14-32-28)33-31(39)36(30)24-12-10-23(11-13-24)34-15-17-38-18-16-34/h4-14,19-20,29-30H,15-18H2,1-3H3,(H,33,39). The van der Waals surface area contributed by atoms with Crippen LogP contribution in [0, 0.1) is 13.8 Å². The lowest BCUT2D eigenvalue weighted by Gasteiger charge is -2.31. The van der Waals surface area contributed by atoms with Gasteiger partial charge in [-0.25, -0.2) is 0 Å². The number of methoxy groups -OCH3 is 1. The van der Waals surface area contributed by atoms with E-state index >= 15 is 0 Å². The number of aromatic nitrogens is 2. The SMILES string of the molecule is COc1cccc(-n2c(C)cc(C3C(c4ccccn4)NC(=S)N3c3ccc(N4CCOCC4)cc3)c2C)c1. The molecule has 2 aromatic carbocycles. The van der Waals surface area contributed by atoms with E-state index in [1.165, 1.54) is 11.3 Å². The molecule has 0 bridgehead atoms. The maximum absolute atomic E-state index is 5.98. The first-order valence-electron chi connectivity index (χ1n) is 13.3. The molecule has 2 aliphatic heterocycles. The number of aryl methyl sites for hydroxylation is 1. The molecule has 8 heteroatoms. The topological polar surface area (TPSA) is 54.8 Å². The molecule has 2 fully saturated rings. The van der Waals surface area contributed by atoms with Crippen LogP contribution >= 0.6 is 12.2 Å². The van der Waals surface area contributed by atoms with Crippen LogP contribution in [-0.2, 0) is 4.74 Å². The largest absolute Gasteiger partial charge is 0.497 e. The van der Waals surface area contributed by atoms with Crippen molar-refractivity contribution >= 4 is 28.7 Å². The summed E-state index contributed by atoms with van der Waals surface area (Å²) in [5.41, 5.74) is 7.80. The zero-order valence-corrected chi connectivity index (χ0v) is 23.3. The predicted octanol–water partition coefficient (Wildman–Crippen LogP) is 5.51. The summed E-state index contributed by atoms with van der Waals surface area (Å²) >= 11 is 5.98. The molecule has 1 N–H and O–H groups in total. The van der Waals surface area contributed by atoms with Gasteiger partial charge in [-0.15, -0.1) is 0 Å². The molecule has 39 heavy (non-hydrogen) atoms. The molecule has 2 saturated heterocycles. The number of benzene rings is 2. The lowest BCUT2D eigenvalue weighted by atomic mass is 9.96. The zero-order valence-electron chi connectivity index (χ0n) is 22.5. The average molecular weight is 540 g/mol. The molecule has 2 unspecified atom stereocenters. The fourth-order valence-corrected chi connectivity index (χ4v) is 6.17. The van der Waals surface area contributed by atoms with E-state index in [-0.39, 0.29) is 12.1 Å². The molecule has 4 aromatic rings. The molecule has 0 saturated carbocycles. The molecule has 0 amide bonds. The van der Waals surface area contributed by atoms with Crippen molar-refractivity contribution in [3.8, 4) is 11.4 Å². The van der Waals surface area contributed by atoms with Crippen LogP contribution in [0.4, 0.5) is 11.4 Å². The molecule has 2 atom stereocenters. The number of morpholine rings is 1. The van der Waals surface area contributed by atoms with E-state index in [2.05, 4.69) is 82.1 Å². The van der Waals surface area contributed by atoms with E-state index in [9.17, 15) is 0 Å². The number of nitrogens with zero attached hydrogens (tertiary/aromatic N) is 4. The Kier molecular flexibility index (Phi) is 6.97. The molecule has 6 rings (SSSR count). The summed E-state index contributed by atoms with van der Waals surface area (Å²) in [5.74, 6) is 0.832. The van der Waals surface area contributed by atoms with Crippen LogP contribution in [0.1, 0.15) is 34.7 Å². The van der Waals surface area contributed by atoms with Gasteiger partial charge in [0.25, 0.3) is 0 Å². The van der Waals surface area contributed by atoms with Crippen LogP contribution in [0.3, 0.4) is 0 Å². The average Bonchev–Trinajstić information content (AvgIpc) is 3.48. The van der Waals surface area contributed by atoms with Gasteiger partial charge >= 0.3 is 0 Å². The smallest absolute Gasteiger partial charge is 0.174 e. The van der Waals surface area contributed by atoms with Crippen LogP contribution in [0.25, 0.3) is 5.69 Å². The Balaban J connectivity index is 1.43. The fourth-order valence-electron chi connectivity index (χ4n) is 5.83. The summed E-state index contributed by atoms with van der Waals surface area (Å²) in [5, 5.41) is 4.29. The fraction of sp³-hybridized carbons (Fsp3) is 0.290. The molecule has 4 heterocycles. The second-order valence-corrected chi connectivity index (χ2v) is 10.4. The summed E-state index contributed by atoms with van der Waals surface area (Å²) in [4.78, 5) is 9.33. The number of thiocarbonyl (C=S) groups is 1. The van der Waals surface area contributed by atoms with Crippen LogP contribution < -0.4 is 19.9 Å². The highest BCUT2D eigenvalue weighted by atomic mass is 32.1. The maximum atomic E-state index is 5.98. The number of ether oxygens (including phenoxy) is 2. The highest BCUT2D eigenvalue weighted by Crippen LogP contribution is 2.44. The Bertz CT molecular complexity index is 1460. The van der Waals surface area contributed by atoms with Gasteiger partial charge in [0.15, 0.2) is 5.11 Å². The summed E-state index contributed by atoms with van der Waals surface area (Å²) in [6, 6.07) is 25.1. The molecular weight excluding hydrogens is 506 g/mol. The van der Waals surface area contributed by atoms with E-state index in [4.69, 9.17) is 26.7 Å². The van der Waals surface area contributed by atoms with E-state index in [1.807, 2.05) is 30.5 Å². The minimum absolute atomic E-state index is 0.0767. The van der Waals surface area contributed by atoms with Gasteiger partial charge in [-0.3, -0.25) is 4.98 Å². The predicted molar refractivity (Wildman–Crippen MR) is 159 cm³/mol. The van der Waals surface area contributed by atoms with Gasteiger partial charge in [0, 0.05) is 53.8 Å². The number of hydrogen-bond acceptors (Lipinski definition) is 5. The van der Waals surface area contributed by atoms with Crippen LogP contribution in [-0.4, -0.2) is 48.1 Å². The van der Waals surface area contributed by atoms with Crippen molar-refractivity contribution < 1.29 is 9.47 Å². The summed E-state index contributed by atoms with van der Waals surface area (Å²) < 4.78 is 13.3. The number of pyridine rings is 1. The van der Waals surface area contributed by atoms with Crippen molar-refractivity contribution in [2.24, 2.45) is 0 Å². The van der Waals surface area contributed by atoms with E-state index in [0.717, 1.165) is 60.5 Å². The maximum Gasteiger partial charge on any atom is 0.174 e. The van der Waals surface area contributed by atoms with Gasteiger partial charge in [-0.1, -0.05) is 12.1 Å². The Morgan fingerprint density at radius 2 is 1.69 bits per heavy atom. The van der Waals surface area contributed by atoms with Gasteiger partial charge in [0.1, 0.15) is 5.75 Å². The highest BCUT2D eigenvalue weighted by molar-refractivity contribution is 7.80. The minimum atomic E-state index is -0.100. The van der Waals surface area contributed by atoms with Crippen LogP contribution in [0.5, 0.6) is 5.75 Å². The molecule has 200 valence electrons. The lowest BCUT2D eigenvalue weighted by Crippen LogP contribution is -2.36. The van der Waals surface area contributed by atoms with Gasteiger partial charge in [-0.2, -0.15) is 0 Å².